The topological polar surface area (TPSA) is 32.3 Å². The van der Waals surface area contributed by atoms with E-state index in [0.717, 1.165) is 25.9 Å². The van der Waals surface area contributed by atoms with E-state index in [-0.39, 0.29) is 0 Å². The van der Waals surface area contributed by atoms with Gasteiger partial charge < -0.3 is 10.4 Å². The summed E-state index contributed by atoms with van der Waals surface area (Å²) >= 11 is 0. The van der Waals surface area contributed by atoms with E-state index >= 15 is 0 Å². The summed E-state index contributed by atoms with van der Waals surface area (Å²) in [6.07, 6.45) is 11.0. The minimum atomic E-state index is -0.432. The monoisotopic (exact) mass is 197 g/mol. The van der Waals surface area contributed by atoms with Crippen LogP contribution in [0, 0.1) is 0 Å². The summed E-state index contributed by atoms with van der Waals surface area (Å²) in [6, 6.07) is 0. The second kappa shape index (κ2) is 6.20. The lowest BCUT2D eigenvalue weighted by Crippen LogP contribution is -2.40. The zero-order chi connectivity index (χ0) is 10.3. The predicted octanol–water partition coefficient (Wildman–Crippen LogP) is 2.24. The van der Waals surface area contributed by atoms with Gasteiger partial charge in [-0.1, -0.05) is 37.8 Å². The highest BCUT2D eigenvalue weighted by Gasteiger charge is 2.26. The van der Waals surface area contributed by atoms with Crippen LogP contribution in [0.15, 0.2) is 12.2 Å². The Kier molecular flexibility index (Phi) is 5.20. The number of hydrogen-bond acceptors (Lipinski definition) is 2. The minimum Gasteiger partial charge on any atom is -0.389 e. The molecule has 1 aliphatic rings. The number of allylic oxidation sites excluding steroid dienone is 1. The molecule has 1 rings (SSSR count). The zero-order valence-corrected chi connectivity index (χ0v) is 9.26. The lowest BCUT2D eigenvalue weighted by Gasteiger charge is -2.26. The first-order chi connectivity index (χ1) is 6.77. The van der Waals surface area contributed by atoms with Crippen molar-refractivity contribution < 1.29 is 5.11 Å². The highest BCUT2D eigenvalue weighted by Crippen LogP contribution is 2.26. The molecule has 0 aromatic rings. The second-order valence-corrected chi connectivity index (χ2v) is 4.34. The molecular weight excluding hydrogens is 174 g/mol. The van der Waals surface area contributed by atoms with E-state index in [1.54, 1.807) is 0 Å². The van der Waals surface area contributed by atoms with E-state index in [2.05, 4.69) is 11.4 Å². The fourth-order valence-electron chi connectivity index (χ4n) is 2.07. The van der Waals surface area contributed by atoms with Crippen LogP contribution in [0.5, 0.6) is 0 Å². The van der Waals surface area contributed by atoms with Gasteiger partial charge in [-0.25, -0.2) is 0 Å². The van der Waals surface area contributed by atoms with Gasteiger partial charge in [0.1, 0.15) is 0 Å². The molecule has 0 bridgehead atoms. The summed E-state index contributed by atoms with van der Waals surface area (Å²) < 4.78 is 0. The maximum Gasteiger partial charge on any atom is 0.0771 e. The van der Waals surface area contributed by atoms with Gasteiger partial charge in [0.25, 0.3) is 0 Å². The maximum absolute atomic E-state index is 10.3. The second-order valence-electron chi connectivity index (χ2n) is 4.34. The first-order valence-electron chi connectivity index (χ1n) is 5.81. The highest BCUT2D eigenvalue weighted by atomic mass is 16.3. The molecule has 0 atom stereocenters. The molecule has 0 amide bonds. The van der Waals surface area contributed by atoms with E-state index in [1.807, 2.05) is 13.0 Å². The molecule has 2 nitrogen and oxygen atoms in total. The van der Waals surface area contributed by atoms with Crippen molar-refractivity contribution in [2.24, 2.45) is 0 Å². The first kappa shape index (κ1) is 11.7. The van der Waals surface area contributed by atoms with Gasteiger partial charge in [-0.2, -0.15) is 0 Å². The van der Waals surface area contributed by atoms with E-state index in [0.29, 0.717) is 0 Å². The van der Waals surface area contributed by atoms with Gasteiger partial charge in [0.05, 0.1) is 5.60 Å². The van der Waals surface area contributed by atoms with E-state index in [9.17, 15) is 5.11 Å². The molecule has 2 heteroatoms. The molecule has 14 heavy (non-hydrogen) atoms. The smallest absolute Gasteiger partial charge is 0.0771 e. The Bertz CT molecular complexity index is 169. The van der Waals surface area contributed by atoms with Crippen LogP contribution < -0.4 is 5.32 Å². The van der Waals surface area contributed by atoms with Crippen molar-refractivity contribution >= 4 is 0 Å². The van der Waals surface area contributed by atoms with Crippen molar-refractivity contribution in [1.29, 1.82) is 0 Å². The van der Waals surface area contributed by atoms with Crippen molar-refractivity contribution in [2.45, 2.75) is 51.0 Å². The Balaban J connectivity index is 2.24. The Morgan fingerprint density at radius 1 is 1.21 bits per heavy atom. The van der Waals surface area contributed by atoms with Crippen molar-refractivity contribution in [3.63, 3.8) is 0 Å². The Labute approximate surface area is 87.4 Å². The summed E-state index contributed by atoms with van der Waals surface area (Å²) in [6.45, 7) is 3.64. The SMILES string of the molecule is C/C=C/CNCC1(O)CCCCCC1. The molecule has 0 aromatic carbocycles. The maximum atomic E-state index is 10.3. The molecule has 0 aromatic heterocycles. The van der Waals surface area contributed by atoms with Gasteiger partial charge in [0.15, 0.2) is 0 Å². The fourth-order valence-corrected chi connectivity index (χ4v) is 2.07. The molecule has 1 fully saturated rings. The molecule has 2 N–H and O–H groups in total. The van der Waals surface area contributed by atoms with Gasteiger partial charge in [-0.15, -0.1) is 0 Å². The highest BCUT2D eigenvalue weighted by molar-refractivity contribution is 4.86. The van der Waals surface area contributed by atoms with Crippen molar-refractivity contribution in [3.8, 4) is 0 Å². The lowest BCUT2D eigenvalue weighted by molar-refractivity contribution is 0.0262. The van der Waals surface area contributed by atoms with Gasteiger partial charge >= 0.3 is 0 Å². The van der Waals surface area contributed by atoms with E-state index in [4.69, 9.17) is 0 Å². The molecular formula is C12H23NO. The summed E-state index contributed by atoms with van der Waals surface area (Å²) in [7, 11) is 0. The molecule has 0 saturated heterocycles. The summed E-state index contributed by atoms with van der Waals surface area (Å²) in [5.41, 5.74) is -0.432. The fraction of sp³-hybridized carbons (Fsp3) is 0.833. The molecule has 0 radical (unpaired) electrons. The Hall–Kier alpha value is -0.340. The van der Waals surface area contributed by atoms with Crippen LogP contribution in [0.4, 0.5) is 0 Å². The van der Waals surface area contributed by atoms with Crippen LogP contribution >= 0.6 is 0 Å². The third-order valence-corrected chi connectivity index (χ3v) is 2.99. The molecule has 1 aliphatic carbocycles. The number of hydrogen-bond donors (Lipinski definition) is 2. The lowest BCUT2D eigenvalue weighted by atomic mass is 9.94. The quantitative estimate of drug-likeness (QED) is 0.411. The van der Waals surface area contributed by atoms with Crippen LogP contribution in [0.25, 0.3) is 0 Å². The molecule has 0 unspecified atom stereocenters. The molecule has 1 saturated carbocycles. The number of nitrogens with one attached hydrogen (secondary N) is 1. The number of aliphatic hydroxyl groups is 1. The third kappa shape index (κ3) is 4.25. The summed E-state index contributed by atoms with van der Waals surface area (Å²) in [5, 5.41) is 13.6. The summed E-state index contributed by atoms with van der Waals surface area (Å²) in [4.78, 5) is 0. The van der Waals surface area contributed by atoms with Crippen LogP contribution in [0.1, 0.15) is 45.4 Å². The first-order valence-corrected chi connectivity index (χ1v) is 5.81. The van der Waals surface area contributed by atoms with Crippen molar-refractivity contribution in [2.75, 3.05) is 13.1 Å². The largest absolute Gasteiger partial charge is 0.389 e. The van der Waals surface area contributed by atoms with E-state index in [1.165, 1.54) is 25.7 Å². The van der Waals surface area contributed by atoms with Gasteiger partial charge in [0, 0.05) is 13.1 Å². The van der Waals surface area contributed by atoms with Crippen LogP contribution in [-0.2, 0) is 0 Å². The average molecular weight is 197 g/mol. The zero-order valence-electron chi connectivity index (χ0n) is 9.26. The van der Waals surface area contributed by atoms with Crippen LogP contribution in [0.2, 0.25) is 0 Å². The molecule has 82 valence electrons. The van der Waals surface area contributed by atoms with Crippen LogP contribution in [0.3, 0.4) is 0 Å². The van der Waals surface area contributed by atoms with Crippen molar-refractivity contribution in [1.82, 2.24) is 5.32 Å². The van der Waals surface area contributed by atoms with Gasteiger partial charge in [-0.05, 0) is 19.8 Å². The minimum absolute atomic E-state index is 0.432. The van der Waals surface area contributed by atoms with E-state index < -0.39 is 5.60 Å². The van der Waals surface area contributed by atoms with Gasteiger partial charge in [-0.3, -0.25) is 0 Å². The van der Waals surface area contributed by atoms with Crippen molar-refractivity contribution in [3.05, 3.63) is 12.2 Å². The number of rotatable bonds is 4. The molecule has 0 spiro atoms. The third-order valence-electron chi connectivity index (χ3n) is 2.99. The normalized spacial score (nSPS) is 22.4. The Morgan fingerprint density at radius 3 is 2.43 bits per heavy atom. The molecule has 0 aliphatic heterocycles. The average Bonchev–Trinajstić information content (AvgIpc) is 2.39. The van der Waals surface area contributed by atoms with Gasteiger partial charge in [0.2, 0.25) is 0 Å². The predicted molar refractivity (Wildman–Crippen MR) is 60.3 cm³/mol. The molecule has 0 heterocycles. The Morgan fingerprint density at radius 2 is 1.86 bits per heavy atom. The summed E-state index contributed by atoms with van der Waals surface area (Å²) in [5.74, 6) is 0. The van der Waals surface area contributed by atoms with Crippen LogP contribution in [-0.4, -0.2) is 23.8 Å². The standard InChI is InChI=1S/C12H23NO/c1-2-3-10-13-11-12(14)8-6-4-5-7-9-12/h2-3,13-14H,4-11H2,1H3/b3-2+.